The van der Waals surface area contributed by atoms with Crippen molar-refractivity contribution in [2.24, 2.45) is 0 Å². The molecule has 1 unspecified atom stereocenters. The third-order valence-corrected chi connectivity index (χ3v) is 5.06. The molecule has 2 N–H and O–H groups in total. The van der Waals surface area contributed by atoms with Crippen LogP contribution in [-0.2, 0) is 9.47 Å². The van der Waals surface area contributed by atoms with Crippen molar-refractivity contribution in [3.8, 4) is 5.75 Å². The van der Waals surface area contributed by atoms with Crippen LogP contribution in [0.4, 0.5) is 9.59 Å². The SMILES string of the molecule is CCOC1CCN(C(=O)O)[C@H](c2ccc(Br)cc2OCCNC(=O)OC(C)(C)C)C1. The largest absolute Gasteiger partial charge is 0.491 e. The number of ether oxygens (including phenoxy) is 3. The number of benzene rings is 1. The van der Waals surface area contributed by atoms with Gasteiger partial charge in [0.25, 0.3) is 0 Å². The lowest BCUT2D eigenvalue weighted by molar-refractivity contribution is -0.00644. The Hall–Kier alpha value is -2.00. The van der Waals surface area contributed by atoms with Gasteiger partial charge in [0.1, 0.15) is 18.0 Å². The van der Waals surface area contributed by atoms with Crippen molar-refractivity contribution in [3.63, 3.8) is 0 Å². The number of carbonyl (C=O) groups excluding carboxylic acids is 1. The van der Waals surface area contributed by atoms with E-state index in [2.05, 4.69) is 21.2 Å². The third-order valence-electron chi connectivity index (χ3n) is 4.56. The van der Waals surface area contributed by atoms with E-state index in [0.29, 0.717) is 31.7 Å². The normalized spacial score (nSPS) is 19.3. The fraction of sp³-hybridized carbons (Fsp3) is 0.619. The number of hydrogen-bond acceptors (Lipinski definition) is 5. The predicted octanol–water partition coefficient (Wildman–Crippen LogP) is 4.57. The molecule has 1 aromatic rings. The standard InChI is InChI=1S/C21H31BrN2O6/c1-5-28-15-8-10-24(20(26)27)17(13-15)16-7-6-14(22)12-18(16)29-11-9-23-19(25)30-21(2,3)4/h6-7,12,15,17H,5,8-11,13H2,1-4H3,(H,23,25)(H,26,27)/t15?,17-/m0/s1. The lowest BCUT2D eigenvalue weighted by Crippen LogP contribution is -2.42. The van der Waals surface area contributed by atoms with Crippen molar-refractivity contribution in [1.29, 1.82) is 0 Å². The molecule has 0 aliphatic carbocycles. The highest BCUT2D eigenvalue weighted by Gasteiger charge is 2.34. The van der Waals surface area contributed by atoms with Crippen LogP contribution in [0, 0.1) is 0 Å². The second-order valence-corrected chi connectivity index (χ2v) is 8.97. The van der Waals surface area contributed by atoms with Gasteiger partial charge in [-0.1, -0.05) is 22.0 Å². The lowest BCUT2D eigenvalue weighted by atomic mass is 9.93. The van der Waals surface area contributed by atoms with E-state index < -0.39 is 17.8 Å². The number of carboxylic acid groups (broad SMARTS) is 1. The maximum Gasteiger partial charge on any atom is 0.407 e. The van der Waals surface area contributed by atoms with Crippen LogP contribution in [-0.4, -0.2) is 60.2 Å². The smallest absolute Gasteiger partial charge is 0.407 e. The zero-order valence-corrected chi connectivity index (χ0v) is 19.5. The number of rotatable bonds is 7. The molecular weight excluding hydrogens is 456 g/mol. The number of alkyl carbamates (subject to hydrolysis) is 1. The number of carbonyl (C=O) groups is 2. The van der Waals surface area contributed by atoms with Gasteiger partial charge in [0.15, 0.2) is 0 Å². The Labute approximate surface area is 186 Å². The minimum Gasteiger partial charge on any atom is -0.491 e. The predicted molar refractivity (Wildman–Crippen MR) is 116 cm³/mol. The van der Waals surface area contributed by atoms with Crippen molar-refractivity contribution in [3.05, 3.63) is 28.2 Å². The van der Waals surface area contributed by atoms with Gasteiger partial charge in [-0.3, -0.25) is 0 Å². The molecule has 2 rings (SSSR count). The first kappa shape index (κ1) is 24.3. The molecule has 0 spiro atoms. The molecule has 8 nitrogen and oxygen atoms in total. The van der Waals surface area contributed by atoms with Crippen LogP contribution in [0.15, 0.2) is 22.7 Å². The van der Waals surface area contributed by atoms with Crippen molar-refractivity contribution in [1.82, 2.24) is 10.2 Å². The highest BCUT2D eigenvalue weighted by Crippen LogP contribution is 2.38. The average molecular weight is 487 g/mol. The fourth-order valence-electron chi connectivity index (χ4n) is 3.38. The molecule has 2 atom stereocenters. The number of nitrogens with one attached hydrogen (secondary N) is 1. The second-order valence-electron chi connectivity index (χ2n) is 8.05. The van der Waals surface area contributed by atoms with Crippen LogP contribution >= 0.6 is 15.9 Å². The Balaban J connectivity index is 2.09. The van der Waals surface area contributed by atoms with Crippen LogP contribution in [0.1, 0.15) is 52.1 Å². The molecular formula is C21H31BrN2O6. The molecule has 1 aliphatic rings. The van der Waals surface area contributed by atoms with E-state index in [0.717, 1.165) is 10.0 Å². The van der Waals surface area contributed by atoms with Crippen molar-refractivity contribution < 1.29 is 28.9 Å². The first-order valence-corrected chi connectivity index (χ1v) is 10.9. The van der Waals surface area contributed by atoms with Gasteiger partial charge in [-0.05, 0) is 52.7 Å². The Morgan fingerprint density at radius 3 is 2.70 bits per heavy atom. The number of hydrogen-bond donors (Lipinski definition) is 2. The quantitative estimate of drug-likeness (QED) is 0.547. The summed E-state index contributed by atoms with van der Waals surface area (Å²) < 4.78 is 17.7. The topological polar surface area (TPSA) is 97.3 Å². The van der Waals surface area contributed by atoms with Crippen LogP contribution in [0.3, 0.4) is 0 Å². The van der Waals surface area contributed by atoms with E-state index in [-0.39, 0.29) is 25.3 Å². The Morgan fingerprint density at radius 1 is 1.33 bits per heavy atom. The van der Waals surface area contributed by atoms with Crippen molar-refractivity contribution in [2.45, 2.75) is 58.3 Å². The summed E-state index contributed by atoms with van der Waals surface area (Å²) in [7, 11) is 0. The zero-order chi connectivity index (χ0) is 22.3. The summed E-state index contributed by atoms with van der Waals surface area (Å²) in [5.74, 6) is 0.573. The zero-order valence-electron chi connectivity index (χ0n) is 17.9. The van der Waals surface area contributed by atoms with Gasteiger partial charge in [0.05, 0.1) is 18.7 Å². The van der Waals surface area contributed by atoms with Gasteiger partial charge in [-0.15, -0.1) is 0 Å². The van der Waals surface area contributed by atoms with Gasteiger partial charge < -0.3 is 29.5 Å². The maximum absolute atomic E-state index is 11.8. The van der Waals surface area contributed by atoms with E-state index in [9.17, 15) is 14.7 Å². The number of piperidine rings is 1. The molecule has 0 bridgehead atoms. The van der Waals surface area contributed by atoms with E-state index in [1.807, 2.05) is 25.1 Å². The molecule has 1 heterocycles. The van der Waals surface area contributed by atoms with Crippen LogP contribution in [0.25, 0.3) is 0 Å². The van der Waals surface area contributed by atoms with Gasteiger partial charge in [0, 0.05) is 23.2 Å². The van der Waals surface area contributed by atoms with E-state index >= 15 is 0 Å². The maximum atomic E-state index is 11.8. The van der Waals surface area contributed by atoms with Crippen molar-refractivity contribution >= 4 is 28.1 Å². The average Bonchev–Trinajstić information content (AvgIpc) is 2.64. The van der Waals surface area contributed by atoms with E-state index in [4.69, 9.17) is 14.2 Å². The monoisotopic (exact) mass is 486 g/mol. The summed E-state index contributed by atoms with van der Waals surface area (Å²) in [6.45, 7) is 8.79. The summed E-state index contributed by atoms with van der Waals surface area (Å²) in [6, 6.07) is 5.18. The molecule has 1 aliphatic heterocycles. The molecule has 30 heavy (non-hydrogen) atoms. The Morgan fingerprint density at radius 2 is 2.07 bits per heavy atom. The van der Waals surface area contributed by atoms with Crippen LogP contribution in [0.5, 0.6) is 5.75 Å². The van der Waals surface area contributed by atoms with Crippen molar-refractivity contribution in [2.75, 3.05) is 26.3 Å². The summed E-state index contributed by atoms with van der Waals surface area (Å²) in [6.07, 6.45) is -0.238. The number of likely N-dealkylation sites (tertiary alicyclic amines) is 1. The number of amides is 2. The van der Waals surface area contributed by atoms with Gasteiger partial charge in [-0.2, -0.15) is 0 Å². The molecule has 0 radical (unpaired) electrons. The van der Waals surface area contributed by atoms with Gasteiger partial charge >= 0.3 is 12.2 Å². The Kier molecular flexibility index (Phi) is 8.78. The molecule has 9 heteroatoms. The second kappa shape index (κ2) is 10.9. The first-order chi connectivity index (χ1) is 14.1. The molecule has 0 saturated carbocycles. The lowest BCUT2D eigenvalue weighted by Gasteiger charge is -2.38. The molecule has 168 valence electrons. The third kappa shape index (κ3) is 7.36. The minimum atomic E-state index is -0.963. The molecule has 2 amide bonds. The molecule has 1 aromatic carbocycles. The van der Waals surface area contributed by atoms with Crippen LogP contribution in [0.2, 0.25) is 0 Å². The molecule has 1 saturated heterocycles. The molecule has 0 aromatic heterocycles. The Bertz CT molecular complexity index is 737. The number of halogens is 1. The molecule has 1 fully saturated rings. The van der Waals surface area contributed by atoms with E-state index in [1.165, 1.54) is 4.90 Å². The highest BCUT2D eigenvalue weighted by molar-refractivity contribution is 9.10. The summed E-state index contributed by atoms with van der Waals surface area (Å²) in [5, 5.41) is 12.3. The van der Waals surface area contributed by atoms with Crippen LogP contribution < -0.4 is 10.1 Å². The summed E-state index contributed by atoms with van der Waals surface area (Å²) in [4.78, 5) is 25.0. The summed E-state index contributed by atoms with van der Waals surface area (Å²) in [5.41, 5.74) is 0.211. The van der Waals surface area contributed by atoms with Gasteiger partial charge in [0.2, 0.25) is 0 Å². The minimum absolute atomic E-state index is 0.000863. The summed E-state index contributed by atoms with van der Waals surface area (Å²) >= 11 is 3.44. The van der Waals surface area contributed by atoms with Gasteiger partial charge in [-0.25, -0.2) is 9.59 Å². The highest BCUT2D eigenvalue weighted by atomic mass is 79.9. The number of nitrogens with zero attached hydrogens (tertiary/aromatic N) is 1. The van der Waals surface area contributed by atoms with E-state index in [1.54, 1.807) is 20.8 Å². The first-order valence-electron chi connectivity index (χ1n) is 10.1. The fourth-order valence-corrected chi connectivity index (χ4v) is 3.72.